The number of carbonyl (C=O) groups is 2. The molecule has 0 radical (unpaired) electrons. The van der Waals surface area contributed by atoms with E-state index in [1.165, 1.54) is 19.2 Å². The van der Waals surface area contributed by atoms with Gasteiger partial charge in [-0.05, 0) is 42.2 Å². The van der Waals surface area contributed by atoms with Crippen LogP contribution in [0.4, 0.5) is 13.2 Å². The molecule has 0 aliphatic carbocycles. The van der Waals surface area contributed by atoms with Crippen LogP contribution in [-0.2, 0) is 22.5 Å². The van der Waals surface area contributed by atoms with Gasteiger partial charge in [-0.2, -0.15) is 13.2 Å². The van der Waals surface area contributed by atoms with E-state index in [0.717, 1.165) is 17.5 Å². The minimum atomic E-state index is -4.92. The molecule has 1 amide bonds. The van der Waals surface area contributed by atoms with Crippen LogP contribution in [0.5, 0.6) is 0 Å². The number of nitrogens with two attached hydrogens (primary N) is 1. The Kier molecular flexibility index (Phi) is 8.39. The van der Waals surface area contributed by atoms with Crippen molar-refractivity contribution in [2.75, 3.05) is 20.2 Å². The normalized spacial score (nSPS) is 15.2. The molecule has 10 heteroatoms. The number of hydrogen-bond acceptors (Lipinski definition) is 6. The van der Waals surface area contributed by atoms with Gasteiger partial charge in [0, 0.05) is 13.1 Å². The van der Waals surface area contributed by atoms with Crippen LogP contribution in [-0.4, -0.2) is 49.0 Å². The zero-order valence-electron chi connectivity index (χ0n) is 20.4. The number of allylic oxidation sites excluding steroid dienone is 1. The number of hydrogen-bond donors (Lipinski definition) is 2. The number of alkyl halides is 3. The molecular formula is C26H29F3N4O3. The number of nitrogens with one attached hydrogen (secondary N) is 1. The van der Waals surface area contributed by atoms with E-state index in [2.05, 4.69) is 15.0 Å². The third kappa shape index (κ3) is 6.24. The highest BCUT2D eigenvalue weighted by Gasteiger charge is 2.40. The van der Waals surface area contributed by atoms with Crippen molar-refractivity contribution in [1.82, 2.24) is 10.2 Å². The van der Waals surface area contributed by atoms with Crippen molar-refractivity contribution in [3.05, 3.63) is 82.1 Å². The summed E-state index contributed by atoms with van der Waals surface area (Å²) in [5.74, 6) is -1.60. The highest BCUT2D eigenvalue weighted by Crippen LogP contribution is 2.28. The second-order valence-electron chi connectivity index (χ2n) is 8.39. The van der Waals surface area contributed by atoms with Gasteiger partial charge in [-0.1, -0.05) is 43.3 Å². The fraction of sp³-hybridized carbons (Fsp3) is 0.346. The minimum Gasteiger partial charge on any atom is -0.465 e. The lowest BCUT2D eigenvalue weighted by Gasteiger charge is -2.25. The number of carbonyl (C=O) groups excluding carboxylic acids is 2. The quantitative estimate of drug-likeness (QED) is 0.422. The fourth-order valence-electron chi connectivity index (χ4n) is 3.84. The van der Waals surface area contributed by atoms with Crippen molar-refractivity contribution in [2.24, 2.45) is 10.7 Å². The number of ether oxygens (including phenoxy) is 1. The van der Waals surface area contributed by atoms with Crippen LogP contribution in [0.15, 0.2) is 64.8 Å². The predicted octanol–water partition coefficient (Wildman–Crippen LogP) is 3.90. The van der Waals surface area contributed by atoms with E-state index in [4.69, 9.17) is 5.73 Å². The first-order valence-corrected chi connectivity index (χ1v) is 11.5. The standard InChI is InChI=1S/C26H29F3N4O3/c1-4-17-5-7-18(8-6-17)15-33-14-13-31-23(33)21(22(30)26(27,28)29)24(34)32-16(2)19-9-11-20(12-10-19)25(35)36-3/h5-12,16H,4,13-15,30H2,1-3H3,(H,32,34)/t16-/m0/s1. The van der Waals surface area contributed by atoms with Gasteiger partial charge in [0.25, 0.3) is 5.91 Å². The molecule has 1 heterocycles. The van der Waals surface area contributed by atoms with Gasteiger partial charge in [0.2, 0.25) is 0 Å². The summed E-state index contributed by atoms with van der Waals surface area (Å²) in [5, 5.41) is 2.59. The number of nitrogens with zero attached hydrogens (tertiary/aromatic N) is 2. The monoisotopic (exact) mass is 502 g/mol. The van der Waals surface area contributed by atoms with E-state index < -0.39 is 35.4 Å². The summed E-state index contributed by atoms with van der Waals surface area (Å²) in [7, 11) is 1.26. The Bertz CT molecular complexity index is 1160. The highest BCUT2D eigenvalue weighted by atomic mass is 19.4. The molecule has 2 aromatic carbocycles. The predicted molar refractivity (Wildman–Crippen MR) is 130 cm³/mol. The summed E-state index contributed by atoms with van der Waals surface area (Å²) in [6, 6.07) is 13.3. The molecule has 0 fully saturated rings. The maximum atomic E-state index is 13.7. The smallest absolute Gasteiger partial charge is 0.431 e. The number of rotatable bonds is 8. The molecule has 0 spiro atoms. The maximum absolute atomic E-state index is 13.7. The number of aliphatic imine (C=N–C) groups is 1. The molecule has 1 aliphatic heterocycles. The molecule has 0 unspecified atom stereocenters. The summed E-state index contributed by atoms with van der Waals surface area (Å²) in [6.07, 6.45) is -4.05. The van der Waals surface area contributed by atoms with Crippen molar-refractivity contribution in [1.29, 1.82) is 0 Å². The van der Waals surface area contributed by atoms with Crippen LogP contribution in [0, 0.1) is 0 Å². The fourth-order valence-corrected chi connectivity index (χ4v) is 3.84. The zero-order valence-corrected chi connectivity index (χ0v) is 20.4. The van der Waals surface area contributed by atoms with Gasteiger partial charge in [0.05, 0.1) is 25.3 Å². The third-order valence-corrected chi connectivity index (χ3v) is 5.94. The largest absolute Gasteiger partial charge is 0.465 e. The highest BCUT2D eigenvalue weighted by molar-refractivity contribution is 6.21. The van der Waals surface area contributed by atoms with E-state index >= 15 is 0 Å². The van der Waals surface area contributed by atoms with Gasteiger partial charge >= 0.3 is 12.1 Å². The lowest BCUT2D eigenvalue weighted by atomic mass is 10.0. The van der Waals surface area contributed by atoms with Crippen LogP contribution >= 0.6 is 0 Å². The lowest BCUT2D eigenvalue weighted by Crippen LogP contribution is -2.40. The first-order chi connectivity index (χ1) is 17.0. The molecule has 3 rings (SSSR count). The molecule has 0 saturated heterocycles. The van der Waals surface area contributed by atoms with Crippen LogP contribution in [0.3, 0.4) is 0 Å². The number of amides is 1. The molecule has 0 bridgehead atoms. The average Bonchev–Trinajstić information content (AvgIpc) is 3.31. The zero-order chi connectivity index (χ0) is 26.5. The summed E-state index contributed by atoms with van der Waals surface area (Å²) in [4.78, 5) is 30.7. The number of esters is 1. The Labute approximate surface area is 207 Å². The molecule has 3 N–H and O–H groups in total. The molecule has 36 heavy (non-hydrogen) atoms. The Morgan fingerprint density at radius 3 is 2.28 bits per heavy atom. The van der Waals surface area contributed by atoms with Gasteiger partial charge in [-0.15, -0.1) is 0 Å². The average molecular weight is 503 g/mol. The summed E-state index contributed by atoms with van der Waals surface area (Å²) >= 11 is 0. The van der Waals surface area contributed by atoms with Crippen molar-refractivity contribution in [3.8, 4) is 0 Å². The van der Waals surface area contributed by atoms with Crippen LogP contribution in [0.2, 0.25) is 0 Å². The van der Waals surface area contributed by atoms with Crippen LogP contribution in [0.25, 0.3) is 0 Å². The first-order valence-electron chi connectivity index (χ1n) is 11.5. The van der Waals surface area contributed by atoms with E-state index in [9.17, 15) is 22.8 Å². The third-order valence-electron chi connectivity index (χ3n) is 5.94. The molecule has 2 aromatic rings. The van der Waals surface area contributed by atoms with Crippen molar-refractivity contribution in [3.63, 3.8) is 0 Å². The second kappa shape index (κ2) is 11.3. The molecular weight excluding hydrogens is 473 g/mol. The van der Waals surface area contributed by atoms with Gasteiger partial charge in [-0.3, -0.25) is 9.79 Å². The van der Waals surface area contributed by atoms with Gasteiger partial charge < -0.3 is 20.7 Å². The molecule has 1 aliphatic rings. The van der Waals surface area contributed by atoms with Crippen LogP contribution < -0.4 is 11.1 Å². The summed E-state index contributed by atoms with van der Waals surface area (Å²) in [5.41, 5.74) is 6.20. The molecule has 0 aromatic heterocycles. The van der Waals surface area contributed by atoms with E-state index in [1.807, 2.05) is 31.2 Å². The second-order valence-corrected chi connectivity index (χ2v) is 8.39. The summed E-state index contributed by atoms with van der Waals surface area (Å²) < 4.78 is 45.7. The van der Waals surface area contributed by atoms with Gasteiger partial charge in [0.15, 0.2) is 0 Å². The molecule has 192 valence electrons. The molecule has 0 saturated carbocycles. The Morgan fingerprint density at radius 2 is 1.72 bits per heavy atom. The van der Waals surface area contributed by atoms with E-state index in [0.29, 0.717) is 17.7 Å². The van der Waals surface area contributed by atoms with E-state index in [-0.39, 0.29) is 18.9 Å². The Morgan fingerprint density at radius 1 is 1.11 bits per heavy atom. The van der Waals surface area contributed by atoms with Crippen molar-refractivity contribution >= 4 is 17.7 Å². The first kappa shape index (κ1) is 26.8. The Hall–Kier alpha value is -3.82. The SMILES string of the molecule is CCc1ccc(CN2CCN=C2C(C(=O)N[C@@H](C)c2ccc(C(=O)OC)cc2)=C(N)C(F)(F)F)cc1. The minimum absolute atomic E-state index is 0.0878. The van der Waals surface area contributed by atoms with Crippen molar-refractivity contribution < 1.29 is 27.5 Å². The molecule has 7 nitrogen and oxygen atoms in total. The van der Waals surface area contributed by atoms with E-state index in [1.54, 1.807) is 24.0 Å². The number of aryl methyl sites for hydroxylation is 1. The Balaban J connectivity index is 1.85. The van der Waals surface area contributed by atoms with Gasteiger partial charge in [-0.25, -0.2) is 4.79 Å². The number of halogens is 3. The number of methoxy groups -OCH3 is 1. The van der Waals surface area contributed by atoms with Gasteiger partial charge in [0.1, 0.15) is 17.1 Å². The van der Waals surface area contributed by atoms with Crippen molar-refractivity contribution in [2.45, 2.75) is 39.0 Å². The molecule has 1 atom stereocenters. The number of benzene rings is 2. The number of amidine groups is 1. The lowest BCUT2D eigenvalue weighted by molar-refractivity contribution is -0.119. The van der Waals surface area contributed by atoms with Crippen LogP contribution in [0.1, 0.15) is 46.9 Å². The topological polar surface area (TPSA) is 97.0 Å². The summed E-state index contributed by atoms with van der Waals surface area (Å²) in [6.45, 7) is 4.54. The maximum Gasteiger partial charge on any atom is 0.431 e.